The van der Waals surface area contributed by atoms with Crippen LogP contribution < -0.4 is 10.6 Å². The lowest BCUT2D eigenvalue weighted by molar-refractivity contribution is -0.143. The normalized spacial score (nSPS) is 10.7. The van der Waals surface area contributed by atoms with E-state index in [2.05, 4.69) is 10.6 Å². The average molecular weight is 353 g/mol. The van der Waals surface area contributed by atoms with E-state index in [1.807, 2.05) is 26.8 Å². The summed E-state index contributed by atoms with van der Waals surface area (Å²) in [5.74, 6) is -1.12. The number of carbonyl (C=O) groups excluding carboxylic acids is 3. The molecule has 7 heteroatoms. The molecule has 24 heavy (non-hydrogen) atoms. The summed E-state index contributed by atoms with van der Waals surface area (Å²) in [6, 6.07) is 4.73. The first-order valence-electron chi connectivity index (χ1n) is 7.46. The molecular weight excluding hydrogens is 332 g/mol. The van der Waals surface area contributed by atoms with Gasteiger partial charge in [0.15, 0.2) is 6.61 Å². The van der Waals surface area contributed by atoms with Crippen LogP contribution in [0.2, 0.25) is 5.02 Å². The van der Waals surface area contributed by atoms with Crippen molar-refractivity contribution in [3.63, 3.8) is 0 Å². The fraction of sp³-hybridized carbons (Fsp3) is 0.353. The van der Waals surface area contributed by atoms with Crippen molar-refractivity contribution < 1.29 is 19.1 Å². The van der Waals surface area contributed by atoms with Crippen LogP contribution in [0.15, 0.2) is 24.3 Å². The first-order valence-corrected chi connectivity index (χ1v) is 7.84. The second-order valence-electron chi connectivity index (χ2n) is 5.60. The van der Waals surface area contributed by atoms with E-state index >= 15 is 0 Å². The van der Waals surface area contributed by atoms with Gasteiger partial charge in [0.1, 0.15) is 0 Å². The molecule has 1 rings (SSSR count). The van der Waals surface area contributed by atoms with Crippen molar-refractivity contribution in [2.75, 3.05) is 13.2 Å². The van der Waals surface area contributed by atoms with Gasteiger partial charge in [0.2, 0.25) is 0 Å². The van der Waals surface area contributed by atoms with Crippen LogP contribution in [-0.4, -0.2) is 31.1 Å². The molecule has 0 bridgehead atoms. The number of aryl methyl sites for hydroxylation is 1. The number of urea groups is 1. The van der Waals surface area contributed by atoms with Crippen molar-refractivity contribution in [3.05, 3.63) is 40.4 Å². The molecule has 0 aliphatic rings. The first-order chi connectivity index (χ1) is 11.3. The SMILES string of the molecule is Cc1ccc(/C=C/C(=O)OCC(=O)NC(=O)NCC(C)C)cc1Cl. The maximum absolute atomic E-state index is 11.6. The highest BCUT2D eigenvalue weighted by Crippen LogP contribution is 2.17. The summed E-state index contributed by atoms with van der Waals surface area (Å²) in [4.78, 5) is 34.4. The number of hydrogen-bond donors (Lipinski definition) is 2. The number of amides is 3. The molecule has 0 saturated heterocycles. The van der Waals surface area contributed by atoms with Crippen molar-refractivity contribution in [3.8, 4) is 0 Å². The minimum atomic E-state index is -0.698. The summed E-state index contributed by atoms with van der Waals surface area (Å²) >= 11 is 5.98. The first kappa shape index (κ1) is 19.7. The Labute approximate surface area is 146 Å². The minimum Gasteiger partial charge on any atom is -0.452 e. The van der Waals surface area contributed by atoms with Crippen LogP contribution >= 0.6 is 11.6 Å². The third-order valence-electron chi connectivity index (χ3n) is 2.88. The molecule has 6 nitrogen and oxygen atoms in total. The number of hydrogen-bond acceptors (Lipinski definition) is 4. The fourth-order valence-corrected chi connectivity index (χ4v) is 1.75. The average Bonchev–Trinajstić information content (AvgIpc) is 2.52. The Bertz CT molecular complexity index is 641. The molecule has 1 aromatic rings. The van der Waals surface area contributed by atoms with E-state index in [1.54, 1.807) is 12.1 Å². The highest BCUT2D eigenvalue weighted by Gasteiger charge is 2.09. The van der Waals surface area contributed by atoms with Crippen LogP contribution in [0.4, 0.5) is 4.79 Å². The zero-order chi connectivity index (χ0) is 18.1. The Morgan fingerprint density at radius 1 is 1.29 bits per heavy atom. The Hall–Kier alpha value is -2.34. The van der Waals surface area contributed by atoms with Gasteiger partial charge in [-0.15, -0.1) is 0 Å². The second kappa shape index (κ2) is 9.72. The van der Waals surface area contributed by atoms with Gasteiger partial charge in [0.25, 0.3) is 5.91 Å². The predicted molar refractivity (Wildman–Crippen MR) is 92.6 cm³/mol. The van der Waals surface area contributed by atoms with E-state index < -0.39 is 24.5 Å². The van der Waals surface area contributed by atoms with Gasteiger partial charge in [-0.2, -0.15) is 0 Å². The van der Waals surface area contributed by atoms with Crippen molar-refractivity contribution >= 4 is 35.6 Å². The molecule has 0 radical (unpaired) electrons. The quantitative estimate of drug-likeness (QED) is 0.609. The second-order valence-corrected chi connectivity index (χ2v) is 6.01. The van der Waals surface area contributed by atoms with Crippen molar-refractivity contribution in [2.45, 2.75) is 20.8 Å². The number of esters is 1. The van der Waals surface area contributed by atoms with Crippen LogP contribution in [0.3, 0.4) is 0 Å². The monoisotopic (exact) mass is 352 g/mol. The van der Waals surface area contributed by atoms with E-state index in [0.717, 1.165) is 11.1 Å². The lowest BCUT2D eigenvalue weighted by Crippen LogP contribution is -2.42. The molecular formula is C17H21ClN2O4. The number of benzene rings is 1. The summed E-state index contributed by atoms with van der Waals surface area (Å²) in [5, 5.41) is 5.18. The van der Waals surface area contributed by atoms with E-state index in [-0.39, 0.29) is 5.92 Å². The molecule has 0 aromatic heterocycles. The van der Waals surface area contributed by atoms with Crippen LogP contribution in [-0.2, 0) is 14.3 Å². The Balaban J connectivity index is 2.37. The molecule has 0 unspecified atom stereocenters. The zero-order valence-electron chi connectivity index (χ0n) is 13.9. The van der Waals surface area contributed by atoms with Crippen LogP contribution in [0.25, 0.3) is 6.08 Å². The molecule has 0 atom stereocenters. The third-order valence-corrected chi connectivity index (χ3v) is 3.28. The summed E-state index contributed by atoms with van der Waals surface area (Å²) in [7, 11) is 0. The van der Waals surface area contributed by atoms with Gasteiger partial charge in [-0.05, 0) is 36.1 Å². The Morgan fingerprint density at radius 2 is 2.00 bits per heavy atom. The van der Waals surface area contributed by atoms with Crippen LogP contribution in [0, 0.1) is 12.8 Å². The lowest BCUT2D eigenvalue weighted by Gasteiger charge is -2.08. The summed E-state index contributed by atoms with van der Waals surface area (Å²) in [6.07, 6.45) is 2.72. The molecule has 0 heterocycles. The van der Waals surface area contributed by atoms with Gasteiger partial charge in [0, 0.05) is 17.6 Å². The summed E-state index contributed by atoms with van der Waals surface area (Å²) < 4.78 is 4.76. The van der Waals surface area contributed by atoms with Crippen LogP contribution in [0.5, 0.6) is 0 Å². The molecule has 130 valence electrons. The molecule has 0 aliphatic heterocycles. The topological polar surface area (TPSA) is 84.5 Å². The standard InChI is InChI=1S/C17H21ClN2O4/c1-11(2)9-19-17(23)20-15(21)10-24-16(22)7-6-13-5-4-12(3)14(18)8-13/h4-8,11H,9-10H2,1-3H3,(H2,19,20,21,23)/b7-6+. The maximum Gasteiger partial charge on any atom is 0.331 e. The van der Waals surface area contributed by atoms with E-state index in [9.17, 15) is 14.4 Å². The molecule has 2 N–H and O–H groups in total. The molecule has 3 amide bonds. The number of rotatable bonds is 6. The van der Waals surface area contributed by atoms with Crippen molar-refractivity contribution in [1.29, 1.82) is 0 Å². The van der Waals surface area contributed by atoms with Gasteiger partial charge in [-0.1, -0.05) is 37.6 Å². The molecule has 1 aromatic carbocycles. The number of halogens is 1. The molecule has 0 aliphatic carbocycles. The largest absolute Gasteiger partial charge is 0.452 e. The van der Waals surface area contributed by atoms with E-state index in [1.165, 1.54) is 12.2 Å². The lowest BCUT2D eigenvalue weighted by atomic mass is 10.1. The van der Waals surface area contributed by atoms with Gasteiger partial charge in [-0.25, -0.2) is 9.59 Å². The van der Waals surface area contributed by atoms with Gasteiger partial charge in [0.05, 0.1) is 0 Å². The summed E-state index contributed by atoms with van der Waals surface area (Å²) in [6.45, 7) is 5.64. The number of carbonyl (C=O) groups is 3. The minimum absolute atomic E-state index is 0.268. The molecule has 0 saturated carbocycles. The van der Waals surface area contributed by atoms with E-state index in [4.69, 9.17) is 16.3 Å². The molecule has 0 spiro atoms. The third kappa shape index (κ3) is 7.78. The van der Waals surface area contributed by atoms with Crippen molar-refractivity contribution in [2.24, 2.45) is 5.92 Å². The van der Waals surface area contributed by atoms with Crippen LogP contribution in [0.1, 0.15) is 25.0 Å². The highest BCUT2D eigenvalue weighted by atomic mass is 35.5. The Morgan fingerprint density at radius 3 is 2.62 bits per heavy atom. The van der Waals surface area contributed by atoms with E-state index in [0.29, 0.717) is 11.6 Å². The number of imide groups is 1. The maximum atomic E-state index is 11.6. The fourth-order valence-electron chi connectivity index (χ4n) is 1.57. The number of nitrogens with one attached hydrogen (secondary N) is 2. The van der Waals surface area contributed by atoms with Gasteiger partial charge < -0.3 is 10.1 Å². The Kier molecular flexibility index (Phi) is 7.98. The highest BCUT2D eigenvalue weighted by molar-refractivity contribution is 6.31. The zero-order valence-corrected chi connectivity index (χ0v) is 14.6. The predicted octanol–water partition coefficient (Wildman–Crippen LogP) is 2.69. The van der Waals surface area contributed by atoms with Crippen molar-refractivity contribution in [1.82, 2.24) is 10.6 Å². The number of ether oxygens (including phenoxy) is 1. The van der Waals surface area contributed by atoms with Gasteiger partial charge >= 0.3 is 12.0 Å². The molecule has 0 fully saturated rings. The van der Waals surface area contributed by atoms with Gasteiger partial charge in [-0.3, -0.25) is 10.1 Å². The smallest absolute Gasteiger partial charge is 0.331 e. The summed E-state index contributed by atoms with van der Waals surface area (Å²) in [5.41, 5.74) is 1.67.